The molecule has 1 N–H and O–H groups in total. The second kappa shape index (κ2) is 6.09. The molecular formula is C15H19N3O2S. The number of morpholine rings is 1. The molecule has 0 aliphatic carbocycles. The molecule has 1 saturated heterocycles. The Morgan fingerprint density at radius 3 is 2.76 bits per heavy atom. The average molecular weight is 305 g/mol. The number of aromatic nitrogens is 2. The first kappa shape index (κ1) is 14.4. The van der Waals surface area contributed by atoms with Crippen LogP contribution in [0.1, 0.15) is 24.2 Å². The number of aryl methyl sites for hydroxylation is 1. The minimum absolute atomic E-state index is 0.0352. The third-order valence-electron chi connectivity index (χ3n) is 3.58. The van der Waals surface area contributed by atoms with Crippen LogP contribution in [0, 0.1) is 6.92 Å². The molecule has 1 aliphatic rings. The van der Waals surface area contributed by atoms with Crippen LogP contribution in [0.4, 0.5) is 0 Å². The lowest BCUT2D eigenvalue weighted by Crippen LogP contribution is -2.43. The quantitative estimate of drug-likeness (QED) is 0.946. The number of nitrogens with zero attached hydrogens (tertiary/aromatic N) is 2. The van der Waals surface area contributed by atoms with Gasteiger partial charge in [-0.2, -0.15) is 5.10 Å². The van der Waals surface area contributed by atoms with Crippen LogP contribution in [0.3, 0.4) is 0 Å². The molecule has 1 aromatic heterocycles. The van der Waals surface area contributed by atoms with E-state index >= 15 is 0 Å². The fraction of sp³-hybridized carbons (Fsp3) is 0.400. The molecule has 2 heterocycles. The summed E-state index contributed by atoms with van der Waals surface area (Å²) in [6.07, 6.45) is 3.53. The van der Waals surface area contributed by atoms with E-state index < -0.39 is 11.0 Å². The summed E-state index contributed by atoms with van der Waals surface area (Å²) < 4.78 is 20.6. The van der Waals surface area contributed by atoms with Gasteiger partial charge in [-0.05, 0) is 26.0 Å². The summed E-state index contributed by atoms with van der Waals surface area (Å²) in [5.74, 6) is 0. The third-order valence-corrected chi connectivity index (χ3v) is 5.02. The average Bonchev–Trinajstić information content (AvgIpc) is 3.01. The van der Waals surface area contributed by atoms with E-state index in [0.717, 1.165) is 10.5 Å². The zero-order valence-corrected chi connectivity index (χ0v) is 13.0. The van der Waals surface area contributed by atoms with Crippen LogP contribution < -0.4 is 0 Å². The lowest BCUT2D eigenvalue weighted by Gasteiger charge is -2.35. The molecule has 21 heavy (non-hydrogen) atoms. The Morgan fingerprint density at radius 1 is 1.33 bits per heavy atom. The van der Waals surface area contributed by atoms with Crippen molar-refractivity contribution in [3.8, 4) is 0 Å². The lowest BCUT2D eigenvalue weighted by atomic mass is 10.1. The van der Waals surface area contributed by atoms with E-state index in [-0.39, 0.29) is 12.2 Å². The topological polar surface area (TPSA) is 58.2 Å². The second-order valence-corrected chi connectivity index (χ2v) is 6.86. The molecule has 6 heteroatoms. The van der Waals surface area contributed by atoms with Crippen molar-refractivity contribution in [1.82, 2.24) is 14.5 Å². The van der Waals surface area contributed by atoms with Crippen molar-refractivity contribution < 1.29 is 8.95 Å². The number of benzene rings is 1. The fourth-order valence-electron chi connectivity index (χ4n) is 2.47. The second-order valence-electron chi connectivity index (χ2n) is 5.38. The molecule has 1 unspecified atom stereocenters. The Balaban J connectivity index is 1.78. The number of rotatable bonds is 3. The van der Waals surface area contributed by atoms with Crippen molar-refractivity contribution in [2.75, 3.05) is 13.1 Å². The van der Waals surface area contributed by atoms with E-state index in [2.05, 4.69) is 10.2 Å². The number of H-pyrrole nitrogens is 1. The van der Waals surface area contributed by atoms with Crippen molar-refractivity contribution in [2.24, 2.45) is 0 Å². The Morgan fingerprint density at radius 2 is 2.10 bits per heavy atom. The zero-order valence-electron chi connectivity index (χ0n) is 12.2. The maximum Gasteiger partial charge on any atom is 0.127 e. The SMILES string of the molecule is Cc1ccc(S(=O)N2C[C@@H](C)O[C@@H](c3cn[nH]c3)C2)cc1. The molecule has 1 fully saturated rings. The lowest BCUT2D eigenvalue weighted by molar-refractivity contribution is -0.0544. The summed E-state index contributed by atoms with van der Waals surface area (Å²) in [5, 5.41) is 6.76. The summed E-state index contributed by atoms with van der Waals surface area (Å²) in [6.45, 7) is 5.29. The predicted molar refractivity (Wildman–Crippen MR) is 81.0 cm³/mol. The van der Waals surface area contributed by atoms with E-state index in [4.69, 9.17) is 4.74 Å². The highest BCUT2D eigenvalue weighted by molar-refractivity contribution is 7.82. The Hall–Kier alpha value is -1.50. The Bertz CT molecular complexity index is 612. The van der Waals surface area contributed by atoms with Crippen LogP contribution >= 0.6 is 0 Å². The molecule has 1 aliphatic heterocycles. The molecule has 5 nitrogen and oxygen atoms in total. The third kappa shape index (κ3) is 3.23. The molecule has 0 spiro atoms. The van der Waals surface area contributed by atoms with E-state index in [1.54, 1.807) is 6.20 Å². The van der Waals surface area contributed by atoms with Gasteiger partial charge in [0.25, 0.3) is 0 Å². The molecule has 0 amide bonds. The van der Waals surface area contributed by atoms with Crippen LogP contribution in [-0.2, 0) is 15.7 Å². The van der Waals surface area contributed by atoms with Gasteiger partial charge in [-0.1, -0.05) is 17.7 Å². The van der Waals surface area contributed by atoms with E-state index in [1.807, 2.05) is 48.6 Å². The highest BCUT2D eigenvalue weighted by atomic mass is 32.2. The van der Waals surface area contributed by atoms with Gasteiger partial charge >= 0.3 is 0 Å². The van der Waals surface area contributed by atoms with E-state index in [1.165, 1.54) is 5.56 Å². The number of aromatic amines is 1. The maximum absolute atomic E-state index is 12.7. The molecule has 3 rings (SSSR count). The zero-order chi connectivity index (χ0) is 14.8. The molecule has 0 bridgehead atoms. The van der Waals surface area contributed by atoms with Gasteiger partial charge in [0.1, 0.15) is 11.0 Å². The van der Waals surface area contributed by atoms with Crippen LogP contribution in [0.15, 0.2) is 41.6 Å². The summed E-state index contributed by atoms with van der Waals surface area (Å²) in [7, 11) is -1.16. The Labute approximate surface area is 126 Å². The van der Waals surface area contributed by atoms with Gasteiger partial charge in [0, 0.05) is 24.8 Å². The molecule has 112 valence electrons. The first-order valence-electron chi connectivity index (χ1n) is 7.01. The molecule has 3 atom stereocenters. The van der Waals surface area contributed by atoms with Crippen molar-refractivity contribution in [3.05, 3.63) is 47.8 Å². The molecule has 1 aromatic carbocycles. The molecule has 0 saturated carbocycles. The molecule has 2 aromatic rings. The van der Waals surface area contributed by atoms with Gasteiger partial charge < -0.3 is 4.74 Å². The number of ether oxygens (including phenoxy) is 1. The van der Waals surface area contributed by atoms with Crippen LogP contribution in [0.2, 0.25) is 0 Å². The van der Waals surface area contributed by atoms with Crippen LogP contribution in [0.5, 0.6) is 0 Å². The number of hydrogen-bond acceptors (Lipinski definition) is 3. The normalized spacial score (nSPS) is 24.9. The first-order chi connectivity index (χ1) is 10.1. The van der Waals surface area contributed by atoms with Gasteiger partial charge in [-0.3, -0.25) is 5.10 Å². The van der Waals surface area contributed by atoms with Gasteiger partial charge in [-0.25, -0.2) is 8.51 Å². The van der Waals surface area contributed by atoms with Crippen molar-refractivity contribution >= 4 is 11.0 Å². The maximum atomic E-state index is 12.7. The fourth-order valence-corrected chi connectivity index (χ4v) is 3.76. The van der Waals surface area contributed by atoms with Crippen molar-refractivity contribution in [1.29, 1.82) is 0 Å². The summed E-state index contributed by atoms with van der Waals surface area (Å²) in [5.41, 5.74) is 2.16. The van der Waals surface area contributed by atoms with Gasteiger partial charge in [-0.15, -0.1) is 0 Å². The summed E-state index contributed by atoms with van der Waals surface area (Å²) in [4.78, 5) is 0.834. The van der Waals surface area contributed by atoms with E-state index in [0.29, 0.717) is 13.1 Å². The largest absolute Gasteiger partial charge is 0.368 e. The highest BCUT2D eigenvalue weighted by Crippen LogP contribution is 2.26. The van der Waals surface area contributed by atoms with Crippen LogP contribution in [0.25, 0.3) is 0 Å². The van der Waals surface area contributed by atoms with Crippen LogP contribution in [-0.4, -0.2) is 37.9 Å². The number of hydrogen-bond donors (Lipinski definition) is 1. The molecular weight excluding hydrogens is 286 g/mol. The highest BCUT2D eigenvalue weighted by Gasteiger charge is 2.30. The standard InChI is InChI=1S/C15H19N3O2S/c1-11-3-5-14(6-4-11)21(19)18-9-12(2)20-15(10-18)13-7-16-17-8-13/h3-8,12,15H,9-10H2,1-2H3,(H,16,17)/t12-,15-,21?/m1/s1. The van der Waals surface area contributed by atoms with Gasteiger partial charge in [0.05, 0.1) is 23.3 Å². The minimum atomic E-state index is -1.16. The summed E-state index contributed by atoms with van der Waals surface area (Å²) in [6, 6.07) is 7.84. The smallest absolute Gasteiger partial charge is 0.127 e. The van der Waals surface area contributed by atoms with E-state index in [9.17, 15) is 4.21 Å². The van der Waals surface area contributed by atoms with Crippen molar-refractivity contribution in [3.63, 3.8) is 0 Å². The van der Waals surface area contributed by atoms with Crippen molar-refractivity contribution in [2.45, 2.75) is 31.0 Å². The molecule has 0 radical (unpaired) electrons. The van der Waals surface area contributed by atoms with Gasteiger partial charge in [0.15, 0.2) is 0 Å². The monoisotopic (exact) mass is 305 g/mol. The first-order valence-corrected chi connectivity index (χ1v) is 8.12. The minimum Gasteiger partial charge on any atom is -0.368 e. The van der Waals surface area contributed by atoms with Gasteiger partial charge in [0.2, 0.25) is 0 Å². The predicted octanol–water partition coefficient (Wildman–Crippen LogP) is 2.20. The summed E-state index contributed by atoms with van der Waals surface area (Å²) >= 11 is 0. The Kier molecular flexibility index (Phi) is 4.19. The number of nitrogens with one attached hydrogen (secondary N) is 1.